The summed E-state index contributed by atoms with van der Waals surface area (Å²) in [7, 11) is 0. The molecule has 0 radical (unpaired) electrons. The van der Waals surface area contributed by atoms with Gasteiger partial charge in [0.05, 0.1) is 0 Å². The van der Waals surface area contributed by atoms with Crippen LogP contribution in [0.2, 0.25) is 0 Å². The number of halogens is 1. The van der Waals surface area contributed by atoms with E-state index in [1.165, 1.54) is 0 Å². The van der Waals surface area contributed by atoms with E-state index in [1.54, 1.807) is 6.08 Å². The van der Waals surface area contributed by atoms with Crippen LogP contribution in [0.4, 0.5) is 0 Å². The number of carboxylic acid groups (broad SMARTS) is 1. The van der Waals surface area contributed by atoms with Gasteiger partial charge in [0.25, 0.3) is 0 Å². The van der Waals surface area contributed by atoms with E-state index in [9.17, 15) is 4.79 Å². The number of hydrogen-bond donors (Lipinski definition) is 1. The Morgan fingerprint density at radius 2 is 2.33 bits per heavy atom. The molecule has 52 valence electrons. The van der Waals surface area contributed by atoms with Gasteiger partial charge >= 0.3 is 5.97 Å². The Balaban J connectivity index is 3.15. The lowest BCUT2D eigenvalue weighted by atomic mass is 10.3. The van der Waals surface area contributed by atoms with Crippen LogP contribution in [0, 0.1) is 0 Å². The van der Waals surface area contributed by atoms with Gasteiger partial charge in [0, 0.05) is 12.0 Å². The number of alkyl halides is 1. The highest BCUT2D eigenvalue weighted by molar-refractivity contribution is 6.17. The molecule has 9 heavy (non-hydrogen) atoms. The molecular formula is C6H9ClO2. The van der Waals surface area contributed by atoms with Crippen LogP contribution < -0.4 is 0 Å². The molecule has 0 aromatic carbocycles. The molecule has 2 nitrogen and oxygen atoms in total. The molecule has 0 saturated carbocycles. The summed E-state index contributed by atoms with van der Waals surface area (Å²) in [5.74, 6) is -0.311. The summed E-state index contributed by atoms with van der Waals surface area (Å²) >= 11 is 5.34. The number of unbranched alkanes of at least 4 members (excludes halogenated alkanes) is 1. The summed E-state index contributed by atoms with van der Waals surface area (Å²) in [6.07, 6.45) is 4.32. The minimum absolute atomic E-state index is 0.587. The summed E-state index contributed by atoms with van der Waals surface area (Å²) in [4.78, 5) is 9.84. The topological polar surface area (TPSA) is 37.3 Å². The van der Waals surface area contributed by atoms with Crippen LogP contribution in [0.5, 0.6) is 0 Å². The molecule has 1 N–H and O–H groups in total. The average Bonchev–Trinajstić information content (AvgIpc) is 1.80. The van der Waals surface area contributed by atoms with Gasteiger partial charge in [-0.3, -0.25) is 0 Å². The average molecular weight is 149 g/mol. The van der Waals surface area contributed by atoms with Gasteiger partial charge in [-0.05, 0) is 12.8 Å². The second-order valence-electron chi connectivity index (χ2n) is 1.57. The van der Waals surface area contributed by atoms with Crippen molar-refractivity contribution in [3.63, 3.8) is 0 Å². The van der Waals surface area contributed by atoms with Gasteiger partial charge in [-0.15, -0.1) is 11.6 Å². The van der Waals surface area contributed by atoms with Crippen LogP contribution in [-0.4, -0.2) is 17.0 Å². The fourth-order valence-electron chi connectivity index (χ4n) is 0.379. The van der Waals surface area contributed by atoms with Crippen molar-refractivity contribution < 1.29 is 9.90 Å². The number of carbonyl (C=O) groups is 1. The first-order chi connectivity index (χ1) is 4.27. The SMILES string of the molecule is O=C(O)C=CCCCCl. The van der Waals surface area contributed by atoms with Crippen molar-refractivity contribution in [1.29, 1.82) is 0 Å². The standard InChI is InChI=1S/C6H9ClO2/c7-5-3-1-2-4-6(8)9/h2,4H,1,3,5H2,(H,8,9). The Morgan fingerprint density at radius 3 is 2.78 bits per heavy atom. The van der Waals surface area contributed by atoms with E-state index >= 15 is 0 Å². The lowest BCUT2D eigenvalue weighted by molar-refractivity contribution is -0.131. The molecule has 0 unspecified atom stereocenters. The first kappa shape index (κ1) is 8.50. The third kappa shape index (κ3) is 7.50. The van der Waals surface area contributed by atoms with E-state index < -0.39 is 5.97 Å². The van der Waals surface area contributed by atoms with Crippen LogP contribution in [0.15, 0.2) is 12.2 Å². The van der Waals surface area contributed by atoms with Crippen LogP contribution >= 0.6 is 11.6 Å². The molecule has 0 spiro atoms. The van der Waals surface area contributed by atoms with Crippen LogP contribution in [0.3, 0.4) is 0 Å². The van der Waals surface area contributed by atoms with Crippen molar-refractivity contribution in [2.75, 3.05) is 5.88 Å². The van der Waals surface area contributed by atoms with Gasteiger partial charge in [-0.2, -0.15) is 0 Å². The fourth-order valence-corrected chi connectivity index (χ4v) is 0.533. The Labute approximate surface area is 59.1 Å². The predicted octanol–water partition coefficient (Wildman–Crippen LogP) is 1.65. The summed E-state index contributed by atoms with van der Waals surface area (Å²) in [6, 6.07) is 0. The molecule has 0 heterocycles. The number of aliphatic carboxylic acids is 1. The normalized spacial score (nSPS) is 10.3. The van der Waals surface area contributed by atoms with Crippen molar-refractivity contribution in [3.8, 4) is 0 Å². The molecule has 0 aromatic heterocycles. The zero-order chi connectivity index (χ0) is 7.11. The maximum Gasteiger partial charge on any atom is 0.327 e. The minimum atomic E-state index is -0.899. The first-order valence-electron chi connectivity index (χ1n) is 2.73. The Morgan fingerprint density at radius 1 is 1.67 bits per heavy atom. The Hall–Kier alpha value is -0.500. The molecule has 0 saturated heterocycles. The maximum absolute atomic E-state index is 9.84. The molecule has 0 bridgehead atoms. The second kappa shape index (κ2) is 5.63. The highest BCUT2D eigenvalue weighted by atomic mass is 35.5. The van der Waals surface area contributed by atoms with Crippen LogP contribution in [-0.2, 0) is 4.79 Å². The summed E-state index contributed by atoms with van der Waals surface area (Å²) < 4.78 is 0. The Kier molecular flexibility index (Phi) is 5.32. The molecule has 0 rings (SSSR count). The highest BCUT2D eigenvalue weighted by Crippen LogP contribution is 1.92. The smallest absolute Gasteiger partial charge is 0.327 e. The van der Waals surface area contributed by atoms with E-state index in [0.29, 0.717) is 5.88 Å². The maximum atomic E-state index is 9.84. The first-order valence-corrected chi connectivity index (χ1v) is 3.26. The van der Waals surface area contributed by atoms with E-state index in [0.717, 1.165) is 18.9 Å². The van der Waals surface area contributed by atoms with Gasteiger partial charge in [-0.1, -0.05) is 6.08 Å². The molecule has 0 atom stereocenters. The number of carboxylic acids is 1. The summed E-state index contributed by atoms with van der Waals surface area (Å²) in [5, 5.41) is 8.09. The number of rotatable bonds is 4. The van der Waals surface area contributed by atoms with Gasteiger partial charge in [0.15, 0.2) is 0 Å². The second-order valence-corrected chi connectivity index (χ2v) is 1.95. The molecule has 0 fully saturated rings. The lowest BCUT2D eigenvalue weighted by Gasteiger charge is -1.83. The highest BCUT2D eigenvalue weighted by Gasteiger charge is 1.83. The fraction of sp³-hybridized carbons (Fsp3) is 0.500. The summed E-state index contributed by atoms with van der Waals surface area (Å²) in [5.41, 5.74) is 0. The molecular weight excluding hydrogens is 140 g/mol. The molecule has 0 aromatic rings. The molecule has 0 aliphatic rings. The zero-order valence-electron chi connectivity index (χ0n) is 5.01. The van der Waals surface area contributed by atoms with Gasteiger partial charge in [0.2, 0.25) is 0 Å². The number of hydrogen-bond acceptors (Lipinski definition) is 1. The molecule has 0 aliphatic carbocycles. The van der Waals surface area contributed by atoms with E-state index in [4.69, 9.17) is 16.7 Å². The monoisotopic (exact) mass is 148 g/mol. The van der Waals surface area contributed by atoms with Gasteiger partial charge in [-0.25, -0.2) is 4.79 Å². The van der Waals surface area contributed by atoms with Gasteiger partial charge in [0.1, 0.15) is 0 Å². The largest absolute Gasteiger partial charge is 0.478 e. The van der Waals surface area contributed by atoms with Crippen molar-refractivity contribution in [2.45, 2.75) is 12.8 Å². The predicted molar refractivity (Wildman–Crippen MR) is 36.7 cm³/mol. The molecule has 0 aliphatic heterocycles. The lowest BCUT2D eigenvalue weighted by Crippen LogP contribution is -1.85. The number of allylic oxidation sites excluding steroid dienone is 1. The zero-order valence-corrected chi connectivity index (χ0v) is 5.77. The minimum Gasteiger partial charge on any atom is -0.478 e. The van der Waals surface area contributed by atoms with Crippen molar-refractivity contribution >= 4 is 17.6 Å². The third-order valence-electron chi connectivity index (χ3n) is 0.765. The molecule has 3 heteroatoms. The quantitative estimate of drug-likeness (QED) is 0.374. The van der Waals surface area contributed by atoms with E-state index in [2.05, 4.69) is 0 Å². The Bertz CT molecular complexity index is 110. The van der Waals surface area contributed by atoms with Crippen molar-refractivity contribution in [2.24, 2.45) is 0 Å². The van der Waals surface area contributed by atoms with Crippen molar-refractivity contribution in [1.82, 2.24) is 0 Å². The third-order valence-corrected chi connectivity index (χ3v) is 1.03. The molecule has 0 amide bonds. The van der Waals surface area contributed by atoms with E-state index in [1.807, 2.05) is 0 Å². The summed E-state index contributed by atoms with van der Waals surface area (Å²) in [6.45, 7) is 0. The van der Waals surface area contributed by atoms with E-state index in [-0.39, 0.29) is 0 Å². The van der Waals surface area contributed by atoms with Gasteiger partial charge < -0.3 is 5.11 Å². The van der Waals surface area contributed by atoms with Crippen LogP contribution in [0.1, 0.15) is 12.8 Å². The van der Waals surface area contributed by atoms with Crippen LogP contribution in [0.25, 0.3) is 0 Å². The van der Waals surface area contributed by atoms with Crippen molar-refractivity contribution in [3.05, 3.63) is 12.2 Å².